The Labute approximate surface area is 211 Å². The number of carbonyl (C=O) groups is 2. The summed E-state index contributed by atoms with van der Waals surface area (Å²) in [6.45, 7) is 3.74. The van der Waals surface area contributed by atoms with E-state index in [-0.39, 0.29) is 23.8 Å². The Morgan fingerprint density at radius 2 is 1.75 bits per heavy atom. The molecular weight excluding hydrogens is 458 g/mol. The topological polar surface area (TPSA) is 87.0 Å². The van der Waals surface area contributed by atoms with Gasteiger partial charge in [0.15, 0.2) is 17.3 Å². The predicted octanol–water partition coefficient (Wildman–Crippen LogP) is 5.45. The summed E-state index contributed by atoms with van der Waals surface area (Å²) in [5.41, 5.74) is 3.61. The van der Waals surface area contributed by atoms with Gasteiger partial charge in [0.05, 0.1) is 25.7 Å². The number of hydrogen-bond donors (Lipinski definition) is 1. The van der Waals surface area contributed by atoms with E-state index in [2.05, 4.69) is 5.32 Å². The highest BCUT2D eigenvalue weighted by atomic mass is 16.5. The van der Waals surface area contributed by atoms with Gasteiger partial charge in [0.25, 0.3) is 0 Å². The smallest absolute Gasteiger partial charge is 0.337 e. The van der Waals surface area contributed by atoms with E-state index < -0.39 is 5.92 Å². The minimum absolute atomic E-state index is 0.00116. The molecule has 5 rings (SSSR count). The second-order valence-corrected chi connectivity index (χ2v) is 9.89. The van der Waals surface area contributed by atoms with Crippen LogP contribution in [0.3, 0.4) is 0 Å². The van der Waals surface area contributed by atoms with E-state index in [4.69, 9.17) is 18.6 Å². The molecule has 1 fully saturated rings. The molecule has 36 heavy (non-hydrogen) atoms. The molecule has 1 N–H and O–H groups in total. The Kier molecular flexibility index (Phi) is 6.65. The Morgan fingerprint density at radius 1 is 1.00 bits per heavy atom. The fraction of sp³-hybridized carbons (Fsp3) is 0.448. The van der Waals surface area contributed by atoms with Crippen molar-refractivity contribution in [1.29, 1.82) is 0 Å². The Bertz CT molecular complexity index is 1250. The quantitative estimate of drug-likeness (QED) is 0.538. The van der Waals surface area contributed by atoms with Crippen molar-refractivity contribution in [3.05, 3.63) is 70.0 Å². The van der Waals surface area contributed by atoms with Gasteiger partial charge in [-0.2, -0.15) is 0 Å². The summed E-state index contributed by atoms with van der Waals surface area (Å²) < 4.78 is 22.7. The first-order valence-electron chi connectivity index (χ1n) is 12.6. The number of aryl methyl sites for hydroxylation is 1. The first-order chi connectivity index (χ1) is 17.4. The van der Waals surface area contributed by atoms with Crippen LogP contribution in [0, 0.1) is 6.92 Å². The van der Waals surface area contributed by atoms with Gasteiger partial charge in [0, 0.05) is 23.4 Å². The van der Waals surface area contributed by atoms with Crippen LogP contribution in [0.4, 0.5) is 0 Å². The maximum atomic E-state index is 13.7. The lowest BCUT2D eigenvalue weighted by Gasteiger charge is -2.36. The van der Waals surface area contributed by atoms with Gasteiger partial charge in [0.2, 0.25) is 0 Å². The number of furan rings is 1. The number of esters is 1. The molecule has 7 heteroatoms. The lowest BCUT2D eigenvalue weighted by Crippen LogP contribution is -2.36. The summed E-state index contributed by atoms with van der Waals surface area (Å²) in [7, 11) is 3.21. The molecule has 1 aliphatic heterocycles. The van der Waals surface area contributed by atoms with Crippen LogP contribution in [0.15, 0.2) is 57.3 Å². The van der Waals surface area contributed by atoms with Crippen LogP contribution in [0.5, 0.6) is 11.5 Å². The molecule has 0 bridgehead atoms. The zero-order chi connectivity index (χ0) is 25.4. The molecule has 7 nitrogen and oxygen atoms in total. The third-order valence-electron chi connectivity index (χ3n) is 7.55. The molecule has 0 radical (unpaired) electrons. The lowest BCUT2D eigenvalue weighted by atomic mass is 9.73. The molecule has 2 aromatic rings. The number of ketones is 1. The third-order valence-corrected chi connectivity index (χ3v) is 7.55. The fourth-order valence-electron chi connectivity index (χ4n) is 5.77. The van der Waals surface area contributed by atoms with E-state index in [0.717, 1.165) is 42.7 Å². The highest BCUT2D eigenvalue weighted by Gasteiger charge is 2.43. The minimum Gasteiger partial charge on any atom is -0.493 e. The van der Waals surface area contributed by atoms with Crippen molar-refractivity contribution >= 4 is 11.8 Å². The van der Waals surface area contributed by atoms with Gasteiger partial charge >= 0.3 is 5.97 Å². The highest BCUT2D eigenvalue weighted by molar-refractivity contribution is 6.04. The summed E-state index contributed by atoms with van der Waals surface area (Å²) in [5.74, 6) is 1.64. The fourth-order valence-corrected chi connectivity index (χ4v) is 5.77. The standard InChI is InChI=1S/C29H33NO6/c1-16-9-11-24(35-16)28-26(29(32)36-20-7-5-6-8-20)17(2)30-21-13-19(14-22(31)27(21)28)18-10-12-23(33-3)25(15-18)34-4/h9-12,15,19-20,28,30H,5-8,13-14H2,1-4H3/t19-,28+/m1/s1. The van der Waals surface area contributed by atoms with Crippen LogP contribution in [0.1, 0.15) is 74.4 Å². The number of benzene rings is 1. The van der Waals surface area contributed by atoms with Crippen LogP contribution < -0.4 is 14.8 Å². The van der Waals surface area contributed by atoms with Crippen LogP contribution in [-0.4, -0.2) is 32.1 Å². The van der Waals surface area contributed by atoms with Crippen molar-refractivity contribution in [3.63, 3.8) is 0 Å². The van der Waals surface area contributed by atoms with E-state index in [9.17, 15) is 9.59 Å². The van der Waals surface area contributed by atoms with Gasteiger partial charge in [0.1, 0.15) is 17.6 Å². The van der Waals surface area contributed by atoms with Crippen LogP contribution in [0.2, 0.25) is 0 Å². The van der Waals surface area contributed by atoms with E-state index in [1.165, 1.54) is 0 Å². The number of Topliss-reactive ketones (excluding diaryl/α,β-unsaturated/α-hetero) is 1. The first kappa shape index (κ1) is 24.2. The van der Waals surface area contributed by atoms with Crippen molar-refractivity contribution in [2.45, 2.75) is 70.3 Å². The number of allylic oxidation sites excluding steroid dienone is 3. The molecule has 1 aromatic carbocycles. The first-order valence-corrected chi connectivity index (χ1v) is 12.6. The molecule has 0 amide bonds. The zero-order valence-electron chi connectivity index (χ0n) is 21.3. The van der Waals surface area contributed by atoms with Crippen molar-refractivity contribution in [2.75, 3.05) is 14.2 Å². The van der Waals surface area contributed by atoms with Gasteiger partial charge < -0.3 is 23.9 Å². The summed E-state index contributed by atoms with van der Waals surface area (Å²) in [6.07, 6.45) is 4.81. The normalized spacial score (nSPS) is 22.4. The maximum Gasteiger partial charge on any atom is 0.337 e. The number of methoxy groups -OCH3 is 2. The third kappa shape index (κ3) is 4.43. The average molecular weight is 492 g/mol. The molecule has 2 aliphatic carbocycles. The summed E-state index contributed by atoms with van der Waals surface area (Å²) in [4.78, 5) is 27.2. The van der Waals surface area contributed by atoms with Gasteiger partial charge in [-0.05, 0) is 81.7 Å². The SMILES string of the molecule is COc1ccc([C@H]2CC(=O)C3=C(C2)NC(C)=C(C(=O)OC2CCCC2)[C@@H]3c2ccc(C)o2)cc1OC. The van der Waals surface area contributed by atoms with Gasteiger partial charge in [-0.25, -0.2) is 4.79 Å². The van der Waals surface area contributed by atoms with Crippen molar-refractivity contribution in [1.82, 2.24) is 5.32 Å². The van der Waals surface area contributed by atoms with Gasteiger partial charge in [-0.15, -0.1) is 0 Å². The second-order valence-electron chi connectivity index (χ2n) is 9.89. The van der Waals surface area contributed by atoms with E-state index in [1.807, 2.05) is 44.2 Å². The molecule has 190 valence electrons. The Balaban J connectivity index is 1.51. The van der Waals surface area contributed by atoms with Crippen LogP contribution in [-0.2, 0) is 14.3 Å². The maximum absolute atomic E-state index is 13.7. The van der Waals surface area contributed by atoms with E-state index >= 15 is 0 Å². The molecule has 0 unspecified atom stereocenters. The monoisotopic (exact) mass is 491 g/mol. The minimum atomic E-state index is -0.581. The van der Waals surface area contributed by atoms with Crippen LogP contribution >= 0.6 is 0 Å². The second kappa shape index (κ2) is 9.88. The van der Waals surface area contributed by atoms with Crippen LogP contribution in [0.25, 0.3) is 0 Å². The van der Waals surface area contributed by atoms with E-state index in [1.54, 1.807) is 14.2 Å². The molecule has 2 heterocycles. The number of rotatable bonds is 6. The number of hydrogen-bond acceptors (Lipinski definition) is 7. The summed E-state index contributed by atoms with van der Waals surface area (Å²) >= 11 is 0. The van der Waals surface area contributed by atoms with Gasteiger partial charge in [-0.3, -0.25) is 4.79 Å². The predicted molar refractivity (Wildman–Crippen MR) is 134 cm³/mol. The molecular formula is C29H33NO6. The lowest BCUT2D eigenvalue weighted by molar-refractivity contribution is -0.144. The average Bonchev–Trinajstić information content (AvgIpc) is 3.54. The van der Waals surface area contributed by atoms with E-state index in [0.29, 0.717) is 46.9 Å². The number of dihydropyridines is 1. The number of nitrogens with one attached hydrogen (secondary N) is 1. The largest absolute Gasteiger partial charge is 0.493 e. The molecule has 0 saturated heterocycles. The molecule has 2 atom stereocenters. The summed E-state index contributed by atoms with van der Waals surface area (Å²) in [6, 6.07) is 9.51. The highest BCUT2D eigenvalue weighted by Crippen LogP contribution is 2.47. The van der Waals surface area contributed by atoms with Gasteiger partial charge in [-0.1, -0.05) is 6.07 Å². The Hall–Kier alpha value is -3.48. The number of carbonyl (C=O) groups excluding carboxylic acids is 2. The van der Waals surface area contributed by atoms with Crippen molar-refractivity contribution in [3.8, 4) is 11.5 Å². The molecule has 0 spiro atoms. The molecule has 3 aliphatic rings. The van der Waals surface area contributed by atoms with Crippen molar-refractivity contribution < 1.29 is 28.2 Å². The summed E-state index contributed by atoms with van der Waals surface area (Å²) in [5, 5.41) is 3.40. The molecule has 1 saturated carbocycles. The zero-order valence-corrected chi connectivity index (χ0v) is 21.3. The van der Waals surface area contributed by atoms with Crippen molar-refractivity contribution in [2.24, 2.45) is 0 Å². The Morgan fingerprint density at radius 3 is 2.42 bits per heavy atom. The molecule has 1 aromatic heterocycles. The number of ether oxygens (including phenoxy) is 3.